The van der Waals surface area contributed by atoms with Gasteiger partial charge in [0, 0.05) is 33.3 Å². The Morgan fingerprint density at radius 1 is 1.40 bits per heavy atom. The zero-order valence-corrected chi connectivity index (χ0v) is 12.9. The molecule has 1 aliphatic rings. The van der Waals surface area contributed by atoms with Crippen molar-refractivity contribution in [3.05, 3.63) is 0 Å². The highest BCUT2D eigenvalue weighted by Crippen LogP contribution is 2.22. The van der Waals surface area contributed by atoms with Crippen molar-refractivity contribution >= 4 is 11.9 Å². The van der Waals surface area contributed by atoms with E-state index in [0.29, 0.717) is 26.2 Å². The summed E-state index contributed by atoms with van der Waals surface area (Å²) < 4.78 is 4.99. The second kappa shape index (κ2) is 7.04. The van der Waals surface area contributed by atoms with Crippen molar-refractivity contribution < 1.29 is 19.4 Å². The van der Waals surface area contributed by atoms with Crippen molar-refractivity contribution in [3.63, 3.8) is 0 Å². The van der Waals surface area contributed by atoms with Crippen molar-refractivity contribution in [3.8, 4) is 0 Å². The highest BCUT2D eigenvalue weighted by Gasteiger charge is 2.37. The lowest BCUT2D eigenvalue weighted by molar-refractivity contribution is -0.150. The number of nitrogens with zero attached hydrogens (tertiary/aromatic N) is 2. The number of carboxylic acid groups (broad SMARTS) is 1. The molecule has 1 rings (SSSR count). The molecule has 1 amide bonds. The van der Waals surface area contributed by atoms with Crippen LogP contribution in [0.2, 0.25) is 0 Å². The number of carboxylic acids is 1. The smallest absolute Gasteiger partial charge is 0.305 e. The molecule has 1 atom stereocenters. The number of rotatable bonds is 6. The molecule has 116 valence electrons. The Kier molecular flexibility index (Phi) is 5.95. The van der Waals surface area contributed by atoms with Crippen molar-refractivity contribution in [2.45, 2.75) is 33.2 Å². The van der Waals surface area contributed by atoms with Gasteiger partial charge in [-0.05, 0) is 5.41 Å². The molecule has 6 nitrogen and oxygen atoms in total. The first-order valence-electron chi connectivity index (χ1n) is 6.98. The molecule has 20 heavy (non-hydrogen) atoms. The Morgan fingerprint density at radius 2 is 2.05 bits per heavy atom. The van der Waals surface area contributed by atoms with Gasteiger partial charge in [-0.25, -0.2) is 0 Å². The molecule has 0 aromatic heterocycles. The molecule has 1 N–H and O–H groups in total. The number of hydrogen-bond acceptors (Lipinski definition) is 4. The number of aliphatic carboxylic acids is 1. The Morgan fingerprint density at radius 3 is 2.55 bits per heavy atom. The van der Waals surface area contributed by atoms with Gasteiger partial charge >= 0.3 is 5.97 Å². The van der Waals surface area contributed by atoms with E-state index in [1.807, 2.05) is 4.90 Å². The van der Waals surface area contributed by atoms with Gasteiger partial charge in [0.2, 0.25) is 5.91 Å². The minimum absolute atomic E-state index is 0.0335. The number of ether oxygens (including phenoxy) is 1. The van der Waals surface area contributed by atoms with Gasteiger partial charge in [-0.2, -0.15) is 0 Å². The normalized spacial score (nSPS) is 21.3. The van der Waals surface area contributed by atoms with E-state index in [-0.39, 0.29) is 17.7 Å². The summed E-state index contributed by atoms with van der Waals surface area (Å²) in [5.74, 6) is -1.03. The Labute approximate surface area is 120 Å². The molecular weight excluding hydrogens is 260 g/mol. The summed E-state index contributed by atoms with van der Waals surface area (Å²) in [6.45, 7) is 9.33. The molecule has 0 radical (unpaired) electrons. The summed E-state index contributed by atoms with van der Waals surface area (Å²) in [5, 5.41) is 9.04. The quantitative estimate of drug-likeness (QED) is 0.777. The van der Waals surface area contributed by atoms with E-state index < -0.39 is 12.0 Å². The highest BCUT2D eigenvalue weighted by atomic mass is 16.5. The fourth-order valence-electron chi connectivity index (χ4n) is 2.49. The summed E-state index contributed by atoms with van der Waals surface area (Å²) >= 11 is 0. The highest BCUT2D eigenvalue weighted by molar-refractivity contribution is 5.86. The van der Waals surface area contributed by atoms with Crippen LogP contribution in [0.3, 0.4) is 0 Å². The van der Waals surface area contributed by atoms with Crippen LogP contribution in [-0.4, -0.2) is 72.7 Å². The van der Waals surface area contributed by atoms with Gasteiger partial charge in [-0.1, -0.05) is 20.8 Å². The lowest BCUT2D eigenvalue weighted by Gasteiger charge is -2.42. The second-order valence-corrected chi connectivity index (χ2v) is 6.46. The zero-order chi connectivity index (χ0) is 15.3. The first kappa shape index (κ1) is 16.9. The second-order valence-electron chi connectivity index (χ2n) is 6.46. The van der Waals surface area contributed by atoms with E-state index in [4.69, 9.17) is 9.84 Å². The molecule has 1 fully saturated rings. The summed E-state index contributed by atoms with van der Waals surface area (Å²) in [6, 6.07) is -0.558. The first-order valence-corrected chi connectivity index (χ1v) is 6.98. The minimum Gasteiger partial charge on any atom is -0.481 e. The Hall–Kier alpha value is -1.14. The van der Waals surface area contributed by atoms with E-state index in [9.17, 15) is 9.59 Å². The Bertz CT molecular complexity index is 352. The van der Waals surface area contributed by atoms with E-state index in [1.165, 1.54) is 0 Å². The minimum atomic E-state index is -0.934. The van der Waals surface area contributed by atoms with Crippen LogP contribution in [-0.2, 0) is 14.3 Å². The third-order valence-electron chi connectivity index (χ3n) is 3.31. The third-order valence-corrected chi connectivity index (χ3v) is 3.31. The van der Waals surface area contributed by atoms with Crippen molar-refractivity contribution in [1.82, 2.24) is 9.80 Å². The van der Waals surface area contributed by atoms with E-state index in [0.717, 1.165) is 6.54 Å². The number of carbonyl (C=O) groups excluding carboxylic acids is 1. The van der Waals surface area contributed by atoms with E-state index in [2.05, 4.69) is 20.8 Å². The number of methoxy groups -OCH3 is 1. The standard InChI is InChI=1S/C14H26N2O4/c1-14(2,3)10-16-6-5-15(7-8-20-4)13(19)11(16)9-12(17)18/h11H,5-10H2,1-4H3,(H,17,18). The van der Waals surface area contributed by atoms with Crippen LogP contribution < -0.4 is 0 Å². The number of piperazine rings is 1. The summed E-state index contributed by atoms with van der Waals surface area (Å²) in [7, 11) is 1.59. The zero-order valence-electron chi connectivity index (χ0n) is 12.9. The van der Waals surface area contributed by atoms with E-state index in [1.54, 1.807) is 12.0 Å². The van der Waals surface area contributed by atoms with Crippen LogP contribution in [0.5, 0.6) is 0 Å². The molecule has 6 heteroatoms. The van der Waals surface area contributed by atoms with Crippen LogP contribution in [0.15, 0.2) is 0 Å². The fraction of sp³-hybridized carbons (Fsp3) is 0.857. The van der Waals surface area contributed by atoms with Crippen molar-refractivity contribution in [1.29, 1.82) is 0 Å². The molecule has 0 aliphatic carbocycles. The van der Waals surface area contributed by atoms with Crippen LogP contribution in [0, 0.1) is 5.41 Å². The van der Waals surface area contributed by atoms with Crippen molar-refractivity contribution in [2.75, 3.05) is 39.9 Å². The maximum absolute atomic E-state index is 12.4. The largest absolute Gasteiger partial charge is 0.481 e. The van der Waals surface area contributed by atoms with Gasteiger partial charge in [0.05, 0.1) is 19.1 Å². The van der Waals surface area contributed by atoms with Gasteiger partial charge in [0.15, 0.2) is 0 Å². The number of amides is 1. The molecular formula is C14H26N2O4. The van der Waals surface area contributed by atoms with Crippen LogP contribution >= 0.6 is 0 Å². The van der Waals surface area contributed by atoms with E-state index >= 15 is 0 Å². The predicted molar refractivity (Wildman–Crippen MR) is 75.5 cm³/mol. The average molecular weight is 286 g/mol. The first-order chi connectivity index (χ1) is 9.24. The molecule has 0 saturated carbocycles. The maximum Gasteiger partial charge on any atom is 0.305 e. The summed E-state index contributed by atoms with van der Waals surface area (Å²) in [5.41, 5.74) is 0.0335. The van der Waals surface area contributed by atoms with Gasteiger partial charge < -0.3 is 14.7 Å². The third kappa shape index (κ3) is 5.09. The fourth-order valence-corrected chi connectivity index (χ4v) is 2.49. The molecule has 1 unspecified atom stereocenters. The molecule has 0 aromatic rings. The van der Waals surface area contributed by atoms with Crippen LogP contribution in [0.1, 0.15) is 27.2 Å². The van der Waals surface area contributed by atoms with Gasteiger partial charge in [0.1, 0.15) is 0 Å². The topological polar surface area (TPSA) is 70.1 Å². The number of hydrogen-bond donors (Lipinski definition) is 1. The SMILES string of the molecule is COCCN1CCN(CC(C)(C)C)C(CC(=O)O)C1=O. The molecule has 0 aromatic carbocycles. The van der Waals surface area contributed by atoms with Crippen LogP contribution in [0.4, 0.5) is 0 Å². The summed E-state index contributed by atoms with van der Waals surface area (Å²) in [6.07, 6.45) is -0.140. The molecule has 0 spiro atoms. The maximum atomic E-state index is 12.4. The lowest BCUT2D eigenvalue weighted by Crippen LogP contribution is -2.59. The predicted octanol–water partition coefficient (Wildman–Crippen LogP) is 0.666. The molecule has 1 heterocycles. The van der Waals surface area contributed by atoms with Gasteiger partial charge in [-0.15, -0.1) is 0 Å². The van der Waals surface area contributed by atoms with Gasteiger partial charge in [0.25, 0.3) is 0 Å². The lowest BCUT2D eigenvalue weighted by atomic mass is 9.94. The molecule has 1 saturated heterocycles. The van der Waals surface area contributed by atoms with Crippen molar-refractivity contribution in [2.24, 2.45) is 5.41 Å². The molecule has 1 aliphatic heterocycles. The number of carbonyl (C=O) groups is 2. The summed E-state index contributed by atoms with van der Waals surface area (Å²) in [4.78, 5) is 27.2. The van der Waals surface area contributed by atoms with Crippen LogP contribution in [0.25, 0.3) is 0 Å². The van der Waals surface area contributed by atoms with Gasteiger partial charge in [-0.3, -0.25) is 14.5 Å². The molecule has 0 bridgehead atoms. The monoisotopic (exact) mass is 286 g/mol. The average Bonchev–Trinajstić information content (AvgIpc) is 2.31. The Balaban J connectivity index is 2.77.